The van der Waals surface area contributed by atoms with E-state index in [0.29, 0.717) is 24.4 Å². The van der Waals surface area contributed by atoms with E-state index in [2.05, 4.69) is 16.8 Å². The fourth-order valence-corrected chi connectivity index (χ4v) is 3.63. The van der Waals surface area contributed by atoms with Crippen LogP contribution in [-0.4, -0.2) is 47.9 Å². The van der Waals surface area contributed by atoms with Gasteiger partial charge in [-0.1, -0.05) is 12.1 Å². The first-order chi connectivity index (χ1) is 10.1. The maximum atomic E-state index is 12.5. The van der Waals surface area contributed by atoms with Gasteiger partial charge in [0.1, 0.15) is 0 Å². The number of aryl methyl sites for hydroxylation is 1. The number of benzene rings is 1. The van der Waals surface area contributed by atoms with Crippen molar-refractivity contribution in [3.8, 4) is 0 Å². The maximum absolute atomic E-state index is 12.5. The summed E-state index contributed by atoms with van der Waals surface area (Å²) in [6.07, 6.45) is 5.07. The molecule has 0 aliphatic carbocycles. The standard InChI is InChI=1S/C17H25N3O/c1-19-15-7-8-16(19)12-20(11-10-15)17(21)9-4-13-2-5-14(18)6-3-13/h2-3,5-6,15-16H,4,7-12,18H2,1H3. The van der Waals surface area contributed by atoms with Gasteiger partial charge in [-0.05, 0) is 50.4 Å². The highest BCUT2D eigenvalue weighted by Gasteiger charge is 2.35. The summed E-state index contributed by atoms with van der Waals surface area (Å²) < 4.78 is 0. The lowest BCUT2D eigenvalue weighted by Crippen LogP contribution is -2.39. The van der Waals surface area contributed by atoms with Crippen LogP contribution >= 0.6 is 0 Å². The minimum Gasteiger partial charge on any atom is -0.399 e. The highest BCUT2D eigenvalue weighted by molar-refractivity contribution is 5.76. The largest absolute Gasteiger partial charge is 0.399 e. The van der Waals surface area contributed by atoms with Gasteiger partial charge in [-0.3, -0.25) is 9.69 Å². The molecule has 0 saturated carbocycles. The molecular weight excluding hydrogens is 262 g/mol. The molecule has 2 saturated heterocycles. The van der Waals surface area contributed by atoms with Gasteiger partial charge in [0.25, 0.3) is 0 Å². The number of hydrogen-bond donors (Lipinski definition) is 1. The van der Waals surface area contributed by atoms with E-state index in [1.54, 1.807) is 0 Å². The molecule has 4 heteroatoms. The molecule has 21 heavy (non-hydrogen) atoms. The molecule has 114 valence electrons. The molecule has 2 heterocycles. The second-order valence-electron chi connectivity index (χ2n) is 6.42. The number of rotatable bonds is 3. The number of amides is 1. The van der Waals surface area contributed by atoms with Gasteiger partial charge in [-0.15, -0.1) is 0 Å². The molecular formula is C17H25N3O. The van der Waals surface area contributed by atoms with Crippen LogP contribution < -0.4 is 5.73 Å². The summed E-state index contributed by atoms with van der Waals surface area (Å²) in [6.45, 7) is 1.83. The van der Waals surface area contributed by atoms with Crippen molar-refractivity contribution >= 4 is 11.6 Å². The van der Waals surface area contributed by atoms with Crippen molar-refractivity contribution in [3.05, 3.63) is 29.8 Å². The van der Waals surface area contributed by atoms with E-state index in [1.165, 1.54) is 18.4 Å². The van der Waals surface area contributed by atoms with Gasteiger partial charge in [-0.25, -0.2) is 0 Å². The third-order valence-electron chi connectivity index (χ3n) is 5.11. The van der Waals surface area contributed by atoms with Crippen LogP contribution in [0.3, 0.4) is 0 Å². The Balaban J connectivity index is 1.54. The summed E-state index contributed by atoms with van der Waals surface area (Å²) in [6, 6.07) is 9.09. The molecule has 2 N–H and O–H groups in total. The van der Waals surface area contributed by atoms with E-state index < -0.39 is 0 Å². The normalized spacial score (nSPS) is 25.9. The minimum atomic E-state index is 0.299. The van der Waals surface area contributed by atoms with Crippen molar-refractivity contribution in [2.45, 2.75) is 44.2 Å². The van der Waals surface area contributed by atoms with Crippen LogP contribution in [0.25, 0.3) is 0 Å². The average molecular weight is 287 g/mol. The zero-order valence-corrected chi connectivity index (χ0v) is 12.8. The van der Waals surface area contributed by atoms with E-state index in [0.717, 1.165) is 31.6 Å². The van der Waals surface area contributed by atoms with E-state index in [-0.39, 0.29) is 0 Å². The predicted molar refractivity (Wildman–Crippen MR) is 84.9 cm³/mol. The Kier molecular flexibility index (Phi) is 4.15. The molecule has 0 spiro atoms. The number of fused-ring (bicyclic) bond motifs is 2. The quantitative estimate of drug-likeness (QED) is 0.864. The molecule has 3 rings (SSSR count). The Morgan fingerprint density at radius 2 is 1.90 bits per heavy atom. The monoisotopic (exact) mass is 287 g/mol. The summed E-state index contributed by atoms with van der Waals surface area (Å²) in [5.41, 5.74) is 7.65. The third kappa shape index (κ3) is 3.21. The van der Waals surface area contributed by atoms with Crippen LogP contribution in [0, 0.1) is 0 Å². The van der Waals surface area contributed by atoms with E-state index >= 15 is 0 Å². The van der Waals surface area contributed by atoms with Crippen LogP contribution in [-0.2, 0) is 11.2 Å². The van der Waals surface area contributed by atoms with Gasteiger partial charge in [0.05, 0.1) is 0 Å². The highest BCUT2D eigenvalue weighted by Crippen LogP contribution is 2.28. The van der Waals surface area contributed by atoms with E-state index in [1.807, 2.05) is 24.3 Å². The van der Waals surface area contributed by atoms with Crippen LogP contribution in [0.2, 0.25) is 0 Å². The maximum Gasteiger partial charge on any atom is 0.222 e. The number of hydrogen-bond acceptors (Lipinski definition) is 3. The van der Waals surface area contributed by atoms with Gasteiger partial charge in [0.2, 0.25) is 5.91 Å². The first-order valence-electron chi connectivity index (χ1n) is 7.97. The van der Waals surface area contributed by atoms with Crippen molar-refractivity contribution < 1.29 is 4.79 Å². The molecule has 1 aromatic carbocycles. The van der Waals surface area contributed by atoms with Crippen LogP contribution in [0.1, 0.15) is 31.2 Å². The Morgan fingerprint density at radius 3 is 2.67 bits per heavy atom. The molecule has 1 amide bonds. The summed E-state index contributed by atoms with van der Waals surface area (Å²) in [4.78, 5) is 17.0. The van der Waals surface area contributed by atoms with Gasteiger partial charge >= 0.3 is 0 Å². The lowest BCUT2D eigenvalue weighted by molar-refractivity contribution is -0.131. The van der Waals surface area contributed by atoms with Crippen LogP contribution in [0.15, 0.2) is 24.3 Å². The number of carbonyl (C=O) groups excluding carboxylic acids is 1. The topological polar surface area (TPSA) is 49.6 Å². The molecule has 0 aromatic heterocycles. The second-order valence-corrected chi connectivity index (χ2v) is 6.42. The molecule has 2 fully saturated rings. The first-order valence-corrected chi connectivity index (χ1v) is 7.97. The van der Waals surface area contributed by atoms with E-state index in [4.69, 9.17) is 5.73 Å². The first kappa shape index (κ1) is 14.4. The van der Waals surface area contributed by atoms with Gasteiger partial charge < -0.3 is 10.6 Å². The molecule has 2 aliphatic rings. The molecule has 0 radical (unpaired) electrons. The summed E-state index contributed by atoms with van der Waals surface area (Å²) >= 11 is 0. The van der Waals surface area contributed by atoms with Crippen molar-refractivity contribution in [1.82, 2.24) is 9.80 Å². The Bertz CT molecular complexity index is 499. The second kappa shape index (κ2) is 6.06. The lowest BCUT2D eigenvalue weighted by atomic mass is 10.1. The van der Waals surface area contributed by atoms with Crippen molar-refractivity contribution in [1.29, 1.82) is 0 Å². The SMILES string of the molecule is CN1C2CCC1CN(C(=O)CCc1ccc(N)cc1)CC2. The Hall–Kier alpha value is -1.55. The number of likely N-dealkylation sites (tertiary alicyclic amines) is 1. The molecule has 2 unspecified atom stereocenters. The number of nitrogens with two attached hydrogens (primary N) is 1. The van der Waals surface area contributed by atoms with Crippen LogP contribution in [0.5, 0.6) is 0 Å². The summed E-state index contributed by atoms with van der Waals surface area (Å²) in [5.74, 6) is 0.299. The number of likely N-dealkylation sites (N-methyl/N-ethyl adjacent to an activating group) is 1. The van der Waals surface area contributed by atoms with Gasteiger partial charge in [0.15, 0.2) is 0 Å². The summed E-state index contributed by atoms with van der Waals surface area (Å²) in [5, 5.41) is 0. The van der Waals surface area contributed by atoms with Crippen molar-refractivity contribution in [3.63, 3.8) is 0 Å². The lowest BCUT2D eigenvalue weighted by Gasteiger charge is -2.26. The molecule has 2 bridgehead atoms. The fourth-order valence-electron chi connectivity index (χ4n) is 3.63. The van der Waals surface area contributed by atoms with Crippen molar-refractivity contribution in [2.75, 3.05) is 25.9 Å². The highest BCUT2D eigenvalue weighted by atomic mass is 16.2. The number of anilines is 1. The molecule has 4 nitrogen and oxygen atoms in total. The van der Waals surface area contributed by atoms with Crippen LogP contribution in [0.4, 0.5) is 5.69 Å². The predicted octanol–water partition coefficient (Wildman–Crippen LogP) is 1.90. The molecule has 2 aliphatic heterocycles. The average Bonchev–Trinajstić information content (AvgIpc) is 2.71. The number of nitrogens with zero attached hydrogens (tertiary/aromatic N) is 2. The Labute approximate surface area is 126 Å². The smallest absolute Gasteiger partial charge is 0.222 e. The van der Waals surface area contributed by atoms with E-state index in [9.17, 15) is 4.79 Å². The molecule has 2 atom stereocenters. The number of carbonyl (C=O) groups is 1. The van der Waals surface area contributed by atoms with Crippen molar-refractivity contribution in [2.24, 2.45) is 0 Å². The minimum absolute atomic E-state index is 0.299. The third-order valence-corrected chi connectivity index (χ3v) is 5.11. The number of nitrogen functional groups attached to an aromatic ring is 1. The molecule has 1 aromatic rings. The summed E-state index contributed by atoms with van der Waals surface area (Å²) in [7, 11) is 2.21. The zero-order valence-electron chi connectivity index (χ0n) is 12.8. The fraction of sp³-hybridized carbons (Fsp3) is 0.588. The Morgan fingerprint density at radius 1 is 1.19 bits per heavy atom. The zero-order chi connectivity index (χ0) is 14.8. The van der Waals surface area contributed by atoms with Gasteiger partial charge in [-0.2, -0.15) is 0 Å². The van der Waals surface area contributed by atoms with Gasteiger partial charge in [0, 0.05) is 37.3 Å².